The van der Waals surface area contributed by atoms with E-state index in [0.29, 0.717) is 36.4 Å². The first-order chi connectivity index (χ1) is 14.2. The van der Waals surface area contributed by atoms with E-state index in [2.05, 4.69) is 5.32 Å². The minimum absolute atomic E-state index is 0.00611. The molecule has 1 atom stereocenters. The fourth-order valence-electron chi connectivity index (χ4n) is 4.20. The Bertz CT molecular complexity index is 1090. The zero-order valence-electron chi connectivity index (χ0n) is 17.9. The molecule has 4 heterocycles. The van der Waals surface area contributed by atoms with Crippen molar-refractivity contribution in [2.45, 2.75) is 77.9 Å². The second-order valence-corrected chi connectivity index (χ2v) is 10.1. The monoisotopic (exact) mass is 435 g/mol. The third-order valence-electron chi connectivity index (χ3n) is 5.75. The summed E-state index contributed by atoms with van der Waals surface area (Å²) in [5.74, 6) is -0.355. The number of ether oxygens (including phenoxy) is 2. The lowest BCUT2D eigenvalue weighted by Gasteiger charge is -2.29. The van der Waals surface area contributed by atoms with Crippen LogP contribution in [0.5, 0.6) is 0 Å². The molecular formula is C21H29N3O5S. The number of carbonyl (C=O) groups is 1. The summed E-state index contributed by atoms with van der Waals surface area (Å²) in [5.41, 5.74) is -0.280. The molecule has 4 rings (SSSR count). The Morgan fingerprint density at radius 2 is 2.10 bits per heavy atom. The molecule has 1 amide bonds. The van der Waals surface area contributed by atoms with Gasteiger partial charge >= 0.3 is 5.69 Å². The third kappa shape index (κ3) is 3.86. The lowest BCUT2D eigenvalue weighted by atomic mass is 9.94. The number of nitrogens with zero attached hydrogens (tertiary/aromatic N) is 2. The maximum absolute atomic E-state index is 13.4. The third-order valence-corrected chi connectivity index (χ3v) is 6.96. The van der Waals surface area contributed by atoms with E-state index in [1.807, 2.05) is 27.7 Å². The predicted molar refractivity (Wildman–Crippen MR) is 115 cm³/mol. The van der Waals surface area contributed by atoms with Crippen LogP contribution >= 0.6 is 11.3 Å². The van der Waals surface area contributed by atoms with E-state index < -0.39 is 11.2 Å². The number of fused-ring (bicyclic) bond motifs is 3. The molecule has 1 saturated heterocycles. The van der Waals surface area contributed by atoms with Gasteiger partial charge in [-0.1, -0.05) is 0 Å². The van der Waals surface area contributed by atoms with E-state index in [4.69, 9.17) is 9.47 Å². The van der Waals surface area contributed by atoms with Crippen LogP contribution in [-0.2, 0) is 33.8 Å². The standard InChI is InChI=1S/C21H29N3O5S/c1-12(2)24-19-17(14-8-21(3,4)29-11-15(14)30-19)18(26)23(20(24)27)10-16(25)22-9-13-6-5-7-28-13/h12-13H,5-11H2,1-4H3,(H,22,25)/t13-/m0/s1. The van der Waals surface area contributed by atoms with E-state index >= 15 is 0 Å². The quantitative estimate of drug-likeness (QED) is 0.775. The highest BCUT2D eigenvalue weighted by Crippen LogP contribution is 2.37. The Balaban J connectivity index is 1.75. The van der Waals surface area contributed by atoms with E-state index in [-0.39, 0.29) is 30.2 Å². The first-order valence-corrected chi connectivity index (χ1v) is 11.3. The average molecular weight is 436 g/mol. The van der Waals surface area contributed by atoms with Crippen molar-refractivity contribution >= 4 is 27.5 Å². The van der Waals surface area contributed by atoms with Gasteiger partial charge in [-0.2, -0.15) is 0 Å². The maximum Gasteiger partial charge on any atom is 0.332 e. The minimum atomic E-state index is -0.450. The smallest absolute Gasteiger partial charge is 0.332 e. The molecule has 164 valence electrons. The van der Waals surface area contributed by atoms with Crippen LogP contribution in [0, 0.1) is 0 Å². The van der Waals surface area contributed by atoms with Crippen LogP contribution in [0.4, 0.5) is 0 Å². The van der Waals surface area contributed by atoms with Crippen LogP contribution in [0.3, 0.4) is 0 Å². The molecule has 0 aromatic carbocycles. The molecule has 2 aromatic heterocycles. The first kappa shape index (κ1) is 21.3. The Hall–Kier alpha value is -1.97. The largest absolute Gasteiger partial charge is 0.376 e. The van der Waals surface area contributed by atoms with Gasteiger partial charge in [-0.25, -0.2) is 4.79 Å². The highest BCUT2D eigenvalue weighted by atomic mass is 32.1. The molecule has 9 heteroatoms. The van der Waals surface area contributed by atoms with Gasteiger partial charge in [0.2, 0.25) is 5.91 Å². The average Bonchev–Trinajstić information content (AvgIpc) is 3.30. The number of thiophene rings is 1. The number of aromatic nitrogens is 2. The van der Waals surface area contributed by atoms with Gasteiger partial charge in [0.1, 0.15) is 11.4 Å². The summed E-state index contributed by atoms with van der Waals surface area (Å²) in [4.78, 5) is 40.7. The lowest BCUT2D eigenvalue weighted by Crippen LogP contribution is -2.45. The summed E-state index contributed by atoms with van der Waals surface area (Å²) in [6.45, 7) is 9.04. The van der Waals surface area contributed by atoms with Gasteiger partial charge in [-0.3, -0.25) is 18.7 Å². The SMILES string of the molecule is CC(C)n1c(=O)n(CC(=O)NC[C@@H]2CCCO2)c(=O)c2c3c(sc21)COC(C)(C)C3. The van der Waals surface area contributed by atoms with Crippen LogP contribution in [-0.4, -0.2) is 39.9 Å². The number of nitrogens with one attached hydrogen (secondary N) is 1. The zero-order valence-corrected chi connectivity index (χ0v) is 18.8. The molecule has 2 aromatic rings. The fourth-order valence-corrected chi connectivity index (χ4v) is 5.54. The molecule has 30 heavy (non-hydrogen) atoms. The Morgan fingerprint density at radius 1 is 1.33 bits per heavy atom. The molecule has 0 aliphatic carbocycles. The number of hydrogen-bond donors (Lipinski definition) is 1. The summed E-state index contributed by atoms with van der Waals surface area (Å²) < 4.78 is 14.1. The van der Waals surface area contributed by atoms with Gasteiger partial charge in [-0.05, 0) is 46.1 Å². The summed E-state index contributed by atoms with van der Waals surface area (Å²) >= 11 is 1.45. The van der Waals surface area contributed by atoms with E-state index in [0.717, 1.165) is 27.8 Å². The van der Waals surface area contributed by atoms with Crippen molar-refractivity contribution in [3.63, 3.8) is 0 Å². The van der Waals surface area contributed by atoms with E-state index in [1.54, 1.807) is 4.57 Å². The van der Waals surface area contributed by atoms with Gasteiger partial charge in [-0.15, -0.1) is 11.3 Å². The molecule has 1 N–H and O–H groups in total. The van der Waals surface area contributed by atoms with Crippen molar-refractivity contribution in [3.05, 3.63) is 31.3 Å². The Morgan fingerprint density at radius 3 is 2.77 bits per heavy atom. The van der Waals surface area contributed by atoms with Crippen molar-refractivity contribution in [3.8, 4) is 0 Å². The topological polar surface area (TPSA) is 91.6 Å². The summed E-state index contributed by atoms with van der Waals surface area (Å²) in [7, 11) is 0. The second-order valence-electron chi connectivity index (χ2n) is 8.99. The molecule has 2 aliphatic heterocycles. The number of hydrogen-bond acceptors (Lipinski definition) is 6. The van der Waals surface area contributed by atoms with Crippen LogP contribution in [0.2, 0.25) is 0 Å². The number of rotatable bonds is 5. The second kappa shape index (κ2) is 7.94. The maximum atomic E-state index is 13.4. The fraction of sp³-hybridized carbons (Fsp3) is 0.667. The highest BCUT2D eigenvalue weighted by molar-refractivity contribution is 7.18. The Kier molecular flexibility index (Phi) is 5.63. The number of amides is 1. The van der Waals surface area contributed by atoms with Gasteiger partial charge < -0.3 is 14.8 Å². The van der Waals surface area contributed by atoms with E-state index in [9.17, 15) is 14.4 Å². The summed E-state index contributed by atoms with van der Waals surface area (Å²) in [6.07, 6.45) is 2.50. The first-order valence-electron chi connectivity index (χ1n) is 10.5. The van der Waals surface area contributed by atoms with Crippen LogP contribution < -0.4 is 16.6 Å². The van der Waals surface area contributed by atoms with Gasteiger partial charge in [0.25, 0.3) is 5.56 Å². The van der Waals surface area contributed by atoms with Crippen molar-refractivity contribution in [2.75, 3.05) is 13.2 Å². The van der Waals surface area contributed by atoms with Crippen molar-refractivity contribution in [1.82, 2.24) is 14.5 Å². The molecule has 8 nitrogen and oxygen atoms in total. The summed E-state index contributed by atoms with van der Waals surface area (Å²) in [5, 5.41) is 3.35. The van der Waals surface area contributed by atoms with Gasteiger partial charge in [0, 0.05) is 30.5 Å². The van der Waals surface area contributed by atoms with Gasteiger partial charge in [0.05, 0.1) is 23.7 Å². The Labute approximate surface area is 178 Å². The molecule has 0 radical (unpaired) electrons. The van der Waals surface area contributed by atoms with Crippen LogP contribution in [0.15, 0.2) is 9.59 Å². The molecule has 1 fully saturated rings. The highest BCUT2D eigenvalue weighted by Gasteiger charge is 2.32. The van der Waals surface area contributed by atoms with E-state index in [1.165, 1.54) is 11.3 Å². The normalized spacial score (nSPS) is 20.6. The van der Waals surface area contributed by atoms with Crippen molar-refractivity contribution < 1.29 is 14.3 Å². The molecule has 0 bridgehead atoms. The van der Waals surface area contributed by atoms with Crippen LogP contribution in [0.1, 0.15) is 57.0 Å². The van der Waals surface area contributed by atoms with Crippen molar-refractivity contribution in [2.24, 2.45) is 0 Å². The number of carbonyl (C=O) groups excluding carboxylic acids is 1. The lowest BCUT2D eigenvalue weighted by molar-refractivity contribution is -0.122. The molecular weight excluding hydrogens is 406 g/mol. The van der Waals surface area contributed by atoms with Crippen LogP contribution in [0.25, 0.3) is 10.2 Å². The minimum Gasteiger partial charge on any atom is -0.376 e. The molecule has 2 aliphatic rings. The molecule has 0 spiro atoms. The van der Waals surface area contributed by atoms with Crippen molar-refractivity contribution in [1.29, 1.82) is 0 Å². The van der Waals surface area contributed by atoms with Gasteiger partial charge in [0.15, 0.2) is 0 Å². The molecule has 0 saturated carbocycles. The molecule has 0 unspecified atom stereocenters. The predicted octanol–water partition coefficient (Wildman–Crippen LogP) is 1.95. The zero-order chi connectivity index (χ0) is 21.6. The summed E-state index contributed by atoms with van der Waals surface area (Å²) in [6, 6.07) is -0.143.